The quantitative estimate of drug-likeness (QED) is 0.307. The van der Waals surface area contributed by atoms with Crippen LogP contribution in [0.5, 0.6) is 0 Å². The number of carbonyl (C=O) groups is 1. The first-order valence-electron chi connectivity index (χ1n) is 8.11. The second-order valence-electron chi connectivity index (χ2n) is 6.39. The van der Waals surface area contributed by atoms with Gasteiger partial charge < -0.3 is 21.2 Å². The third-order valence-electron chi connectivity index (χ3n) is 5.11. The molecule has 6 heteroatoms. The van der Waals surface area contributed by atoms with Crippen LogP contribution < -0.4 is 11.1 Å². The third-order valence-corrected chi connectivity index (χ3v) is 5.11. The van der Waals surface area contributed by atoms with Gasteiger partial charge in [-0.3, -0.25) is 4.79 Å². The van der Waals surface area contributed by atoms with E-state index in [1.54, 1.807) is 0 Å². The minimum atomic E-state index is -0.796. The van der Waals surface area contributed by atoms with E-state index in [1.165, 1.54) is 0 Å². The molecular weight excluding hydrogens is 268 g/mol. The van der Waals surface area contributed by atoms with E-state index in [0.29, 0.717) is 25.3 Å². The molecule has 1 heterocycles. The Hall–Kier alpha value is -1.30. The zero-order chi connectivity index (χ0) is 15.3. The molecule has 4 N–H and O–H groups in total. The minimum absolute atomic E-state index is 0.0625. The molecule has 1 unspecified atom stereocenters. The summed E-state index contributed by atoms with van der Waals surface area (Å²) in [6.07, 6.45) is 5.51. The van der Waals surface area contributed by atoms with Crippen molar-refractivity contribution >= 4 is 11.7 Å². The van der Waals surface area contributed by atoms with Crippen molar-refractivity contribution in [1.82, 2.24) is 10.2 Å². The summed E-state index contributed by atoms with van der Waals surface area (Å²) in [6, 6.07) is 0. The molecule has 6 nitrogen and oxygen atoms in total. The van der Waals surface area contributed by atoms with Crippen molar-refractivity contribution in [3.63, 3.8) is 0 Å². The van der Waals surface area contributed by atoms with Gasteiger partial charge >= 0.3 is 0 Å². The molecule has 1 amide bonds. The number of rotatable bonds is 5. The number of nitrogens with two attached hydrogens (primary N) is 1. The van der Waals surface area contributed by atoms with Crippen LogP contribution in [0, 0.1) is 11.3 Å². The smallest absolute Gasteiger partial charge is 0.233 e. The van der Waals surface area contributed by atoms with Crippen molar-refractivity contribution in [2.75, 3.05) is 26.2 Å². The Balaban J connectivity index is 1.93. The lowest BCUT2D eigenvalue weighted by atomic mass is 9.72. The molecule has 21 heavy (non-hydrogen) atoms. The predicted molar refractivity (Wildman–Crippen MR) is 82.2 cm³/mol. The Bertz CT molecular complexity index is 391. The largest absolute Gasteiger partial charge is 0.409 e. The van der Waals surface area contributed by atoms with Gasteiger partial charge in [0.1, 0.15) is 5.41 Å². The maximum atomic E-state index is 12.6. The molecule has 0 spiro atoms. The molecule has 0 bridgehead atoms. The molecular formula is C15H28N4O2. The van der Waals surface area contributed by atoms with Crippen molar-refractivity contribution in [3.05, 3.63) is 0 Å². The summed E-state index contributed by atoms with van der Waals surface area (Å²) >= 11 is 0. The topological polar surface area (TPSA) is 91.0 Å². The summed E-state index contributed by atoms with van der Waals surface area (Å²) in [7, 11) is 0. The molecule has 0 aromatic carbocycles. The van der Waals surface area contributed by atoms with Gasteiger partial charge in [0.15, 0.2) is 5.84 Å². The second kappa shape index (κ2) is 7.11. The summed E-state index contributed by atoms with van der Waals surface area (Å²) < 4.78 is 0. The maximum Gasteiger partial charge on any atom is 0.233 e. The van der Waals surface area contributed by atoms with Gasteiger partial charge in [0, 0.05) is 13.1 Å². The summed E-state index contributed by atoms with van der Waals surface area (Å²) in [5.41, 5.74) is 5.05. The predicted octanol–water partition coefficient (Wildman–Crippen LogP) is 1.14. The number of carbonyl (C=O) groups excluding carboxylic acids is 1. The standard InChI is InChI=1S/C15H28N4O2/c1-2-19-9-6-12(11-19)10-17-14(20)15(13(16)18-21)7-4-3-5-8-15/h12,21H,2-11H2,1H3,(H2,16,18)(H,17,20). The molecule has 2 aliphatic rings. The fraction of sp³-hybridized carbons (Fsp3) is 0.867. The molecule has 1 atom stereocenters. The van der Waals surface area contributed by atoms with Gasteiger partial charge in [-0.1, -0.05) is 31.3 Å². The highest BCUT2D eigenvalue weighted by Crippen LogP contribution is 2.37. The van der Waals surface area contributed by atoms with E-state index in [-0.39, 0.29) is 11.7 Å². The highest BCUT2D eigenvalue weighted by Gasteiger charge is 2.44. The van der Waals surface area contributed by atoms with Crippen molar-refractivity contribution in [2.45, 2.75) is 45.4 Å². The van der Waals surface area contributed by atoms with E-state index in [0.717, 1.165) is 45.3 Å². The molecule has 1 saturated heterocycles. The average Bonchev–Trinajstić information content (AvgIpc) is 3.00. The molecule has 2 rings (SSSR count). The molecule has 120 valence electrons. The van der Waals surface area contributed by atoms with Gasteiger partial charge in [-0.25, -0.2) is 0 Å². The van der Waals surface area contributed by atoms with Gasteiger partial charge in [-0.05, 0) is 38.3 Å². The van der Waals surface area contributed by atoms with E-state index in [9.17, 15) is 4.79 Å². The van der Waals surface area contributed by atoms with Gasteiger partial charge in [-0.15, -0.1) is 0 Å². The van der Waals surface area contributed by atoms with Crippen LogP contribution >= 0.6 is 0 Å². The van der Waals surface area contributed by atoms with Crippen LogP contribution in [0.3, 0.4) is 0 Å². The number of oxime groups is 1. The average molecular weight is 296 g/mol. The summed E-state index contributed by atoms with van der Waals surface area (Å²) in [6.45, 7) is 6.08. The Kier molecular flexibility index (Phi) is 5.45. The third kappa shape index (κ3) is 3.48. The van der Waals surface area contributed by atoms with E-state index < -0.39 is 5.41 Å². The van der Waals surface area contributed by atoms with Crippen molar-refractivity contribution in [1.29, 1.82) is 0 Å². The van der Waals surface area contributed by atoms with Crippen LogP contribution in [0.1, 0.15) is 45.4 Å². The highest BCUT2D eigenvalue weighted by molar-refractivity contribution is 6.06. The minimum Gasteiger partial charge on any atom is -0.409 e. The Labute approximate surface area is 126 Å². The Morgan fingerprint density at radius 1 is 1.43 bits per heavy atom. The summed E-state index contributed by atoms with van der Waals surface area (Å²) in [4.78, 5) is 15.0. The van der Waals surface area contributed by atoms with Gasteiger partial charge in [-0.2, -0.15) is 0 Å². The van der Waals surface area contributed by atoms with E-state index in [2.05, 4.69) is 22.3 Å². The van der Waals surface area contributed by atoms with Crippen LogP contribution in [0.25, 0.3) is 0 Å². The number of amides is 1. The number of hydrogen-bond donors (Lipinski definition) is 3. The van der Waals surface area contributed by atoms with Crippen LogP contribution in [-0.4, -0.2) is 48.0 Å². The fourth-order valence-corrected chi connectivity index (χ4v) is 3.62. The second-order valence-corrected chi connectivity index (χ2v) is 6.39. The maximum absolute atomic E-state index is 12.6. The molecule has 0 aromatic rings. The fourth-order valence-electron chi connectivity index (χ4n) is 3.62. The number of nitrogens with zero attached hydrogens (tertiary/aromatic N) is 2. The molecule has 1 saturated carbocycles. The zero-order valence-electron chi connectivity index (χ0n) is 13.0. The van der Waals surface area contributed by atoms with Crippen LogP contribution in [-0.2, 0) is 4.79 Å². The van der Waals surface area contributed by atoms with Crippen molar-refractivity contribution in [3.8, 4) is 0 Å². The van der Waals surface area contributed by atoms with Gasteiger partial charge in [0.2, 0.25) is 5.91 Å². The molecule has 1 aliphatic heterocycles. The Morgan fingerprint density at radius 2 is 2.14 bits per heavy atom. The summed E-state index contributed by atoms with van der Waals surface area (Å²) in [5.74, 6) is 0.524. The van der Waals surface area contributed by atoms with Crippen LogP contribution in [0.4, 0.5) is 0 Å². The first kappa shape index (κ1) is 16.1. The van der Waals surface area contributed by atoms with E-state index in [1.807, 2.05) is 0 Å². The Morgan fingerprint density at radius 3 is 2.71 bits per heavy atom. The van der Waals surface area contributed by atoms with Crippen LogP contribution in [0.2, 0.25) is 0 Å². The SMILES string of the molecule is CCN1CCC(CNC(=O)C2(C(N)=NO)CCCCC2)C1. The first-order chi connectivity index (χ1) is 10.1. The van der Waals surface area contributed by atoms with E-state index >= 15 is 0 Å². The molecule has 0 radical (unpaired) electrons. The van der Waals surface area contributed by atoms with E-state index in [4.69, 9.17) is 10.9 Å². The van der Waals surface area contributed by atoms with Crippen molar-refractivity contribution in [2.24, 2.45) is 22.2 Å². The number of likely N-dealkylation sites (tertiary alicyclic amines) is 1. The zero-order valence-corrected chi connectivity index (χ0v) is 13.0. The highest BCUT2D eigenvalue weighted by atomic mass is 16.4. The first-order valence-corrected chi connectivity index (χ1v) is 8.11. The molecule has 0 aromatic heterocycles. The lowest BCUT2D eigenvalue weighted by Gasteiger charge is -2.34. The number of nitrogens with one attached hydrogen (secondary N) is 1. The number of hydrogen-bond acceptors (Lipinski definition) is 4. The molecule has 2 fully saturated rings. The van der Waals surface area contributed by atoms with Gasteiger partial charge in [0.05, 0.1) is 0 Å². The monoisotopic (exact) mass is 296 g/mol. The summed E-state index contributed by atoms with van der Waals surface area (Å²) in [5, 5.41) is 15.2. The van der Waals surface area contributed by atoms with Crippen molar-refractivity contribution < 1.29 is 10.0 Å². The lowest BCUT2D eigenvalue weighted by Crippen LogP contribution is -2.51. The lowest BCUT2D eigenvalue weighted by molar-refractivity contribution is -0.129. The number of amidine groups is 1. The molecule has 1 aliphatic carbocycles. The normalized spacial score (nSPS) is 26.7. The van der Waals surface area contributed by atoms with Crippen LogP contribution in [0.15, 0.2) is 5.16 Å². The van der Waals surface area contributed by atoms with Gasteiger partial charge in [0.25, 0.3) is 0 Å².